The van der Waals surface area contributed by atoms with Gasteiger partial charge in [0.25, 0.3) is 0 Å². The van der Waals surface area contributed by atoms with Crippen LogP contribution in [0.2, 0.25) is 0 Å². The number of nitrogens with zero attached hydrogens (tertiary/aromatic N) is 1. The Morgan fingerprint density at radius 3 is 2.29 bits per heavy atom. The van der Waals surface area contributed by atoms with Gasteiger partial charge in [-0.15, -0.1) is 0 Å². The predicted octanol–water partition coefficient (Wildman–Crippen LogP) is 2.03. The molecule has 0 bridgehead atoms. The number of primary amides is 1. The van der Waals surface area contributed by atoms with Crippen LogP contribution in [-0.4, -0.2) is 41.5 Å². The van der Waals surface area contributed by atoms with Gasteiger partial charge in [0.1, 0.15) is 5.54 Å². The van der Waals surface area contributed by atoms with Crippen molar-refractivity contribution in [2.75, 3.05) is 13.1 Å². The fourth-order valence-electron chi connectivity index (χ4n) is 4.08. The van der Waals surface area contributed by atoms with E-state index < -0.39 is 5.54 Å². The molecule has 3 aliphatic carbocycles. The lowest BCUT2D eigenvalue weighted by Gasteiger charge is -2.41. The average molecular weight is 293 g/mol. The van der Waals surface area contributed by atoms with Gasteiger partial charge in [0, 0.05) is 18.6 Å². The van der Waals surface area contributed by atoms with Crippen molar-refractivity contribution in [3.63, 3.8) is 0 Å². The molecule has 3 saturated carbocycles. The van der Waals surface area contributed by atoms with Gasteiger partial charge in [0.05, 0.1) is 0 Å². The van der Waals surface area contributed by atoms with Crippen LogP contribution in [-0.2, 0) is 4.79 Å². The minimum absolute atomic E-state index is 0.119. The standard InChI is InChI=1S/C17H31N3O/c1-2-20(15-6-4-3-5-7-15)12-17(16(18)21,13-8-9-13)19-14-10-11-14/h13-15,19H,2-12H2,1H3,(H2,18,21). The molecule has 3 N–H and O–H groups in total. The van der Waals surface area contributed by atoms with Crippen molar-refractivity contribution >= 4 is 5.91 Å². The second-order valence-electron chi connectivity index (χ2n) is 7.38. The SMILES string of the molecule is CCN(CC(NC1CC1)(C(N)=O)C1CC1)C1CCCCC1. The van der Waals surface area contributed by atoms with Gasteiger partial charge in [-0.1, -0.05) is 26.2 Å². The molecule has 21 heavy (non-hydrogen) atoms. The Morgan fingerprint density at radius 2 is 1.81 bits per heavy atom. The first-order valence-corrected chi connectivity index (χ1v) is 8.97. The Kier molecular flexibility index (Phi) is 4.55. The number of carbonyl (C=O) groups excluding carboxylic acids is 1. The van der Waals surface area contributed by atoms with E-state index in [-0.39, 0.29) is 5.91 Å². The molecule has 1 amide bonds. The fraction of sp³-hybridized carbons (Fsp3) is 0.941. The molecule has 0 spiro atoms. The third kappa shape index (κ3) is 3.42. The van der Waals surface area contributed by atoms with Crippen LogP contribution in [0.4, 0.5) is 0 Å². The summed E-state index contributed by atoms with van der Waals surface area (Å²) >= 11 is 0. The van der Waals surface area contributed by atoms with Gasteiger partial charge in [0.15, 0.2) is 0 Å². The molecule has 4 heteroatoms. The van der Waals surface area contributed by atoms with Crippen molar-refractivity contribution in [2.24, 2.45) is 11.7 Å². The number of hydrogen-bond acceptors (Lipinski definition) is 3. The maximum atomic E-state index is 12.3. The zero-order valence-corrected chi connectivity index (χ0v) is 13.4. The van der Waals surface area contributed by atoms with Crippen molar-refractivity contribution in [3.05, 3.63) is 0 Å². The molecule has 0 heterocycles. The van der Waals surface area contributed by atoms with E-state index in [0.717, 1.165) is 25.9 Å². The smallest absolute Gasteiger partial charge is 0.239 e. The summed E-state index contributed by atoms with van der Waals surface area (Å²) in [4.78, 5) is 14.9. The summed E-state index contributed by atoms with van der Waals surface area (Å²) in [5.74, 6) is 0.347. The van der Waals surface area contributed by atoms with Gasteiger partial charge >= 0.3 is 0 Å². The number of likely N-dealkylation sites (N-methyl/N-ethyl adjacent to an activating group) is 1. The van der Waals surface area contributed by atoms with Crippen LogP contribution < -0.4 is 11.1 Å². The molecule has 3 aliphatic rings. The van der Waals surface area contributed by atoms with Gasteiger partial charge in [-0.3, -0.25) is 15.0 Å². The number of amides is 1. The van der Waals surface area contributed by atoms with Gasteiger partial charge in [0.2, 0.25) is 5.91 Å². The number of carbonyl (C=O) groups is 1. The van der Waals surface area contributed by atoms with Crippen LogP contribution in [0.3, 0.4) is 0 Å². The summed E-state index contributed by atoms with van der Waals surface area (Å²) in [7, 11) is 0. The highest BCUT2D eigenvalue weighted by Crippen LogP contribution is 2.42. The maximum Gasteiger partial charge on any atom is 0.239 e. The molecular formula is C17H31N3O. The Morgan fingerprint density at radius 1 is 1.14 bits per heavy atom. The van der Waals surface area contributed by atoms with E-state index >= 15 is 0 Å². The third-order valence-corrected chi connectivity index (χ3v) is 5.70. The lowest BCUT2D eigenvalue weighted by molar-refractivity contribution is -0.126. The summed E-state index contributed by atoms with van der Waals surface area (Å²) in [5.41, 5.74) is 5.43. The molecule has 0 aromatic carbocycles. The quantitative estimate of drug-likeness (QED) is 0.720. The average Bonchev–Trinajstić information content (AvgIpc) is 3.37. The lowest BCUT2D eigenvalue weighted by Crippen LogP contribution is -2.64. The zero-order chi connectivity index (χ0) is 14.9. The molecule has 0 aliphatic heterocycles. The monoisotopic (exact) mass is 293 g/mol. The molecule has 0 aromatic heterocycles. The Balaban J connectivity index is 1.73. The van der Waals surface area contributed by atoms with Crippen molar-refractivity contribution in [2.45, 2.75) is 82.3 Å². The highest BCUT2D eigenvalue weighted by atomic mass is 16.1. The van der Waals surface area contributed by atoms with Gasteiger partial charge in [-0.05, 0) is 51.0 Å². The van der Waals surface area contributed by atoms with E-state index in [0.29, 0.717) is 18.0 Å². The topological polar surface area (TPSA) is 58.4 Å². The summed E-state index contributed by atoms with van der Waals surface area (Å²) in [6.07, 6.45) is 11.4. The molecule has 4 nitrogen and oxygen atoms in total. The van der Waals surface area contributed by atoms with E-state index in [1.54, 1.807) is 0 Å². The van der Waals surface area contributed by atoms with E-state index in [2.05, 4.69) is 17.1 Å². The molecule has 1 atom stereocenters. The second-order valence-corrected chi connectivity index (χ2v) is 7.38. The van der Waals surface area contributed by atoms with Crippen LogP contribution in [0.15, 0.2) is 0 Å². The number of nitrogens with two attached hydrogens (primary N) is 1. The third-order valence-electron chi connectivity index (χ3n) is 5.70. The normalized spacial score (nSPS) is 26.8. The van der Waals surface area contributed by atoms with Crippen LogP contribution in [0.25, 0.3) is 0 Å². The van der Waals surface area contributed by atoms with Crippen LogP contribution >= 0.6 is 0 Å². The number of hydrogen-bond donors (Lipinski definition) is 2. The Labute approximate surface area is 128 Å². The second kappa shape index (κ2) is 6.25. The van der Waals surface area contributed by atoms with Crippen molar-refractivity contribution in [1.29, 1.82) is 0 Å². The summed E-state index contributed by atoms with van der Waals surface area (Å²) in [6.45, 7) is 4.08. The van der Waals surface area contributed by atoms with Crippen LogP contribution in [0.5, 0.6) is 0 Å². The predicted molar refractivity (Wildman–Crippen MR) is 84.9 cm³/mol. The van der Waals surface area contributed by atoms with Gasteiger partial charge in [-0.25, -0.2) is 0 Å². The molecule has 3 rings (SSSR count). The first-order chi connectivity index (χ1) is 10.2. The fourth-order valence-corrected chi connectivity index (χ4v) is 4.08. The molecule has 3 fully saturated rings. The minimum atomic E-state index is -0.464. The number of nitrogens with one attached hydrogen (secondary N) is 1. The van der Waals surface area contributed by atoms with Crippen LogP contribution in [0, 0.1) is 5.92 Å². The van der Waals surface area contributed by atoms with Crippen molar-refractivity contribution in [3.8, 4) is 0 Å². The summed E-state index contributed by atoms with van der Waals surface area (Å²) in [5, 5.41) is 3.65. The first kappa shape index (κ1) is 15.3. The molecule has 120 valence electrons. The van der Waals surface area contributed by atoms with E-state index in [1.165, 1.54) is 44.9 Å². The maximum absolute atomic E-state index is 12.3. The van der Waals surface area contributed by atoms with Crippen LogP contribution in [0.1, 0.15) is 64.7 Å². The highest BCUT2D eigenvalue weighted by molar-refractivity contribution is 5.86. The molecule has 0 radical (unpaired) electrons. The largest absolute Gasteiger partial charge is 0.368 e. The van der Waals surface area contributed by atoms with Gasteiger partial charge < -0.3 is 5.73 Å². The summed E-state index contributed by atoms with van der Waals surface area (Å²) < 4.78 is 0. The van der Waals surface area contributed by atoms with Crippen molar-refractivity contribution < 1.29 is 4.79 Å². The Hall–Kier alpha value is -0.610. The van der Waals surface area contributed by atoms with Gasteiger partial charge in [-0.2, -0.15) is 0 Å². The van der Waals surface area contributed by atoms with E-state index in [9.17, 15) is 4.79 Å². The minimum Gasteiger partial charge on any atom is -0.368 e. The Bertz CT molecular complexity index is 372. The molecular weight excluding hydrogens is 262 g/mol. The molecule has 0 aromatic rings. The molecule has 1 unspecified atom stereocenters. The molecule has 0 saturated heterocycles. The van der Waals surface area contributed by atoms with Crippen molar-refractivity contribution in [1.82, 2.24) is 10.2 Å². The first-order valence-electron chi connectivity index (χ1n) is 8.97. The number of rotatable bonds is 8. The lowest BCUT2D eigenvalue weighted by atomic mass is 9.88. The zero-order valence-electron chi connectivity index (χ0n) is 13.4. The highest BCUT2D eigenvalue weighted by Gasteiger charge is 2.52. The summed E-state index contributed by atoms with van der Waals surface area (Å²) in [6, 6.07) is 1.19. The van der Waals surface area contributed by atoms with E-state index in [4.69, 9.17) is 5.73 Å². The van der Waals surface area contributed by atoms with E-state index in [1.807, 2.05) is 0 Å².